The highest BCUT2D eigenvalue weighted by Crippen LogP contribution is 2.44. The van der Waals surface area contributed by atoms with Crippen LogP contribution in [0.15, 0.2) is 45.5 Å². The molecule has 0 saturated carbocycles. The minimum Gasteiger partial charge on any atom is -0.465 e. The molecule has 0 saturated heterocycles. The Hall–Kier alpha value is -1.06. The summed E-state index contributed by atoms with van der Waals surface area (Å²) in [6.45, 7) is 0. The SMILES string of the molecule is OC(c1occc1Br)C1Cc2ccccc21. The van der Waals surface area contributed by atoms with Gasteiger partial charge in [-0.3, -0.25) is 0 Å². The molecular weight excluding hydrogens is 268 g/mol. The van der Waals surface area contributed by atoms with Crippen molar-refractivity contribution in [2.24, 2.45) is 0 Å². The van der Waals surface area contributed by atoms with Crippen molar-refractivity contribution in [1.29, 1.82) is 0 Å². The summed E-state index contributed by atoms with van der Waals surface area (Å²) in [5, 5.41) is 10.2. The highest BCUT2D eigenvalue weighted by Gasteiger charge is 2.34. The maximum Gasteiger partial charge on any atom is 0.147 e. The van der Waals surface area contributed by atoms with Gasteiger partial charge in [0.1, 0.15) is 11.9 Å². The largest absolute Gasteiger partial charge is 0.465 e. The highest BCUT2D eigenvalue weighted by atomic mass is 79.9. The summed E-state index contributed by atoms with van der Waals surface area (Å²) in [6.07, 6.45) is 1.96. The number of aliphatic hydroxyl groups excluding tert-OH is 1. The first kappa shape index (κ1) is 10.1. The molecule has 2 aromatic rings. The third-order valence-corrected chi connectivity index (χ3v) is 3.84. The second kappa shape index (κ2) is 3.75. The van der Waals surface area contributed by atoms with E-state index in [0.717, 1.165) is 10.9 Å². The first-order chi connectivity index (χ1) is 7.77. The Morgan fingerprint density at radius 3 is 2.81 bits per heavy atom. The van der Waals surface area contributed by atoms with Crippen LogP contribution in [0, 0.1) is 0 Å². The van der Waals surface area contributed by atoms with E-state index in [1.807, 2.05) is 18.2 Å². The van der Waals surface area contributed by atoms with E-state index in [0.29, 0.717) is 5.76 Å². The number of hydrogen-bond acceptors (Lipinski definition) is 2. The first-order valence-electron chi connectivity index (χ1n) is 5.26. The van der Waals surface area contributed by atoms with Crippen LogP contribution in [0.2, 0.25) is 0 Å². The fraction of sp³-hybridized carbons (Fsp3) is 0.231. The zero-order valence-electron chi connectivity index (χ0n) is 8.56. The minimum absolute atomic E-state index is 0.165. The van der Waals surface area contributed by atoms with Crippen LogP contribution >= 0.6 is 15.9 Å². The predicted molar refractivity (Wildman–Crippen MR) is 64.3 cm³/mol. The molecule has 0 spiro atoms. The Labute approximate surface area is 102 Å². The maximum atomic E-state index is 10.2. The average molecular weight is 279 g/mol. The molecule has 0 radical (unpaired) electrons. The maximum absolute atomic E-state index is 10.2. The predicted octanol–water partition coefficient (Wildman–Crippen LogP) is 3.42. The van der Waals surface area contributed by atoms with E-state index in [4.69, 9.17) is 4.42 Å². The summed E-state index contributed by atoms with van der Waals surface area (Å²) in [6, 6.07) is 10.0. The van der Waals surface area contributed by atoms with Gasteiger partial charge in [-0.15, -0.1) is 0 Å². The Morgan fingerprint density at radius 2 is 2.12 bits per heavy atom. The van der Waals surface area contributed by atoms with Gasteiger partial charge in [-0.05, 0) is 39.5 Å². The van der Waals surface area contributed by atoms with Gasteiger partial charge >= 0.3 is 0 Å². The van der Waals surface area contributed by atoms with Crippen LogP contribution in [0.3, 0.4) is 0 Å². The van der Waals surface area contributed by atoms with E-state index in [-0.39, 0.29) is 5.92 Å². The summed E-state index contributed by atoms with van der Waals surface area (Å²) in [4.78, 5) is 0. The number of benzene rings is 1. The van der Waals surface area contributed by atoms with E-state index >= 15 is 0 Å². The molecule has 1 aromatic carbocycles. The lowest BCUT2D eigenvalue weighted by molar-refractivity contribution is 0.109. The van der Waals surface area contributed by atoms with Crippen LogP contribution in [0.4, 0.5) is 0 Å². The lowest BCUT2D eigenvalue weighted by atomic mass is 9.74. The molecule has 1 N–H and O–H groups in total. The highest BCUT2D eigenvalue weighted by molar-refractivity contribution is 9.10. The van der Waals surface area contributed by atoms with Crippen molar-refractivity contribution in [2.75, 3.05) is 0 Å². The minimum atomic E-state index is -0.556. The molecule has 0 amide bonds. The van der Waals surface area contributed by atoms with Crippen LogP contribution in [-0.2, 0) is 6.42 Å². The Kier molecular flexibility index (Phi) is 2.37. The van der Waals surface area contributed by atoms with Crippen LogP contribution in [-0.4, -0.2) is 5.11 Å². The van der Waals surface area contributed by atoms with E-state index in [1.54, 1.807) is 6.26 Å². The third-order valence-electron chi connectivity index (χ3n) is 3.19. The molecule has 0 bridgehead atoms. The van der Waals surface area contributed by atoms with Crippen molar-refractivity contribution in [3.05, 3.63) is 58.0 Å². The molecule has 1 aromatic heterocycles. The number of hydrogen-bond donors (Lipinski definition) is 1. The standard InChI is InChI=1S/C13H11BrO2/c14-11-5-6-16-13(11)12(15)10-7-8-3-1-2-4-9(8)10/h1-6,10,12,15H,7H2. The van der Waals surface area contributed by atoms with Crippen LogP contribution in [0.1, 0.15) is 28.9 Å². The molecule has 2 unspecified atom stereocenters. The van der Waals surface area contributed by atoms with Crippen LogP contribution < -0.4 is 0 Å². The van der Waals surface area contributed by atoms with Gasteiger partial charge in [0, 0.05) is 5.92 Å². The van der Waals surface area contributed by atoms with Gasteiger partial charge in [0.2, 0.25) is 0 Å². The first-order valence-corrected chi connectivity index (χ1v) is 6.05. The molecule has 3 heteroatoms. The van der Waals surface area contributed by atoms with Gasteiger partial charge in [-0.25, -0.2) is 0 Å². The molecular formula is C13H11BrO2. The quantitative estimate of drug-likeness (QED) is 0.913. The van der Waals surface area contributed by atoms with Gasteiger partial charge in [0.15, 0.2) is 0 Å². The van der Waals surface area contributed by atoms with E-state index in [2.05, 4.69) is 28.1 Å². The van der Waals surface area contributed by atoms with E-state index in [1.165, 1.54) is 11.1 Å². The Balaban J connectivity index is 1.90. The fourth-order valence-electron chi connectivity index (χ4n) is 2.28. The van der Waals surface area contributed by atoms with Crippen molar-refractivity contribution in [3.63, 3.8) is 0 Å². The smallest absolute Gasteiger partial charge is 0.147 e. The second-order valence-corrected chi connectivity index (χ2v) is 4.94. The molecule has 2 nitrogen and oxygen atoms in total. The second-order valence-electron chi connectivity index (χ2n) is 4.09. The van der Waals surface area contributed by atoms with Gasteiger partial charge in [-0.2, -0.15) is 0 Å². The van der Waals surface area contributed by atoms with Gasteiger partial charge < -0.3 is 9.52 Å². The van der Waals surface area contributed by atoms with Gasteiger partial charge in [0.25, 0.3) is 0 Å². The van der Waals surface area contributed by atoms with E-state index < -0.39 is 6.10 Å². The fourth-order valence-corrected chi connectivity index (χ4v) is 2.71. The summed E-state index contributed by atoms with van der Waals surface area (Å²) < 4.78 is 6.14. The molecule has 16 heavy (non-hydrogen) atoms. The summed E-state index contributed by atoms with van der Waals surface area (Å²) in [5.41, 5.74) is 2.56. The van der Waals surface area contributed by atoms with Crippen molar-refractivity contribution >= 4 is 15.9 Å². The van der Waals surface area contributed by atoms with E-state index in [9.17, 15) is 5.11 Å². The van der Waals surface area contributed by atoms with Crippen molar-refractivity contribution in [3.8, 4) is 0 Å². The van der Waals surface area contributed by atoms with Crippen molar-refractivity contribution in [1.82, 2.24) is 0 Å². The summed E-state index contributed by atoms with van der Waals surface area (Å²) >= 11 is 3.37. The van der Waals surface area contributed by atoms with Gasteiger partial charge in [0.05, 0.1) is 10.7 Å². The molecule has 1 heterocycles. The lowest BCUT2D eigenvalue weighted by Crippen LogP contribution is -2.23. The monoisotopic (exact) mass is 278 g/mol. The molecule has 0 fully saturated rings. The molecule has 1 aliphatic carbocycles. The number of rotatable bonds is 2. The lowest BCUT2D eigenvalue weighted by Gasteiger charge is -2.33. The molecule has 3 rings (SSSR count). The molecule has 82 valence electrons. The number of aliphatic hydroxyl groups is 1. The Bertz CT molecular complexity index is 518. The zero-order chi connectivity index (χ0) is 11.1. The average Bonchev–Trinajstić information content (AvgIpc) is 2.66. The summed E-state index contributed by atoms with van der Waals surface area (Å²) in [5.74, 6) is 0.790. The number of halogens is 1. The van der Waals surface area contributed by atoms with Gasteiger partial charge in [-0.1, -0.05) is 24.3 Å². The van der Waals surface area contributed by atoms with Crippen molar-refractivity contribution in [2.45, 2.75) is 18.4 Å². The normalized spacial score (nSPS) is 20.0. The van der Waals surface area contributed by atoms with Crippen LogP contribution in [0.25, 0.3) is 0 Å². The summed E-state index contributed by atoms with van der Waals surface area (Å²) in [7, 11) is 0. The number of furan rings is 1. The molecule has 0 aliphatic heterocycles. The molecule has 1 aliphatic rings. The molecule has 2 atom stereocenters. The van der Waals surface area contributed by atoms with Crippen LogP contribution in [0.5, 0.6) is 0 Å². The Morgan fingerprint density at radius 1 is 1.31 bits per heavy atom. The number of fused-ring (bicyclic) bond motifs is 1. The van der Waals surface area contributed by atoms with Crippen molar-refractivity contribution < 1.29 is 9.52 Å². The zero-order valence-corrected chi connectivity index (χ0v) is 10.1. The topological polar surface area (TPSA) is 33.4 Å². The third kappa shape index (κ3) is 1.43.